The van der Waals surface area contributed by atoms with Crippen molar-refractivity contribution in [1.82, 2.24) is 10.3 Å². The molecule has 0 atom stereocenters. The molecule has 1 aromatic heterocycles. The molecule has 1 saturated carbocycles. The van der Waals surface area contributed by atoms with Crippen molar-refractivity contribution in [3.8, 4) is 0 Å². The van der Waals surface area contributed by atoms with Crippen LogP contribution in [0.25, 0.3) is 0 Å². The van der Waals surface area contributed by atoms with E-state index < -0.39 is 0 Å². The molecular formula is C17H31N3S. The van der Waals surface area contributed by atoms with Gasteiger partial charge in [0.1, 0.15) is 0 Å². The maximum Gasteiger partial charge on any atom is 0.186 e. The highest BCUT2D eigenvalue weighted by atomic mass is 32.1. The molecule has 0 bridgehead atoms. The zero-order chi connectivity index (χ0) is 15.4. The first-order valence-electron chi connectivity index (χ1n) is 8.49. The zero-order valence-electron chi connectivity index (χ0n) is 14.3. The second-order valence-electron chi connectivity index (χ2n) is 6.86. The Bertz CT molecular complexity index is 435. The summed E-state index contributed by atoms with van der Waals surface area (Å²) < 4.78 is 0. The van der Waals surface area contributed by atoms with Crippen molar-refractivity contribution >= 4 is 16.5 Å². The quantitative estimate of drug-likeness (QED) is 0.740. The van der Waals surface area contributed by atoms with Gasteiger partial charge >= 0.3 is 0 Å². The summed E-state index contributed by atoms with van der Waals surface area (Å²) in [6.07, 6.45) is 4.99. The van der Waals surface area contributed by atoms with E-state index in [0.29, 0.717) is 6.04 Å². The molecule has 0 spiro atoms. The highest BCUT2D eigenvalue weighted by Crippen LogP contribution is 2.36. The average Bonchev–Trinajstić information content (AvgIpc) is 3.16. The van der Waals surface area contributed by atoms with Gasteiger partial charge in [0.2, 0.25) is 0 Å². The number of rotatable bonds is 9. The lowest BCUT2D eigenvalue weighted by molar-refractivity contribution is 0.570. The maximum absolute atomic E-state index is 4.95. The molecule has 2 rings (SSSR count). The van der Waals surface area contributed by atoms with Gasteiger partial charge in [0, 0.05) is 30.1 Å². The molecular weight excluding hydrogens is 278 g/mol. The van der Waals surface area contributed by atoms with E-state index >= 15 is 0 Å². The van der Waals surface area contributed by atoms with Gasteiger partial charge in [-0.15, -0.1) is 11.3 Å². The molecule has 120 valence electrons. The van der Waals surface area contributed by atoms with E-state index in [-0.39, 0.29) is 0 Å². The monoisotopic (exact) mass is 309 g/mol. The normalized spacial score (nSPS) is 15.2. The number of thiazole rings is 1. The second kappa shape index (κ2) is 7.59. The molecule has 1 aliphatic rings. The zero-order valence-corrected chi connectivity index (χ0v) is 15.1. The van der Waals surface area contributed by atoms with Crippen LogP contribution in [0.2, 0.25) is 0 Å². The van der Waals surface area contributed by atoms with E-state index in [9.17, 15) is 0 Å². The van der Waals surface area contributed by atoms with E-state index in [1.165, 1.54) is 35.0 Å². The minimum atomic E-state index is 0.528. The predicted octanol–water partition coefficient (Wildman–Crippen LogP) is 4.22. The van der Waals surface area contributed by atoms with Gasteiger partial charge < -0.3 is 10.2 Å². The fourth-order valence-electron chi connectivity index (χ4n) is 2.42. The summed E-state index contributed by atoms with van der Waals surface area (Å²) in [6, 6.07) is 1.28. The first-order chi connectivity index (χ1) is 10.0. The Balaban J connectivity index is 2.09. The molecule has 0 unspecified atom stereocenters. The predicted molar refractivity (Wildman–Crippen MR) is 93.3 cm³/mol. The van der Waals surface area contributed by atoms with Crippen LogP contribution < -0.4 is 10.2 Å². The van der Waals surface area contributed by atoms with Crippen molar-refractivity contribution in [1.29, 1.82) is 0 Å². The van der Waals surface area contributed by atoms with Crippen LogP contribution in [-0.4, -0.2) is 23.6 Å². The van der Waals surface area contributed by atoms with Crippen LogP contribution >= 0.6 is 11.3 Å². The van der Waals surface area contributed by atoms with Crippen LogP contribution in [-0.2, 0) is 13.0 Å². The molecule has 21 heavy (non-hydrogen) atoms. The third-order valence-electron chi connectivity index (χ3n) is 3.95. The summed E-state index contributed by atoms with van der Waals surface area (Å²) in [4.78, 5) is 8.95. The van der Waals surface area contributed by atoms with Gasteiger partial charge in [-0.25, -0.2) is 4.98 Å². The number of aryl methyl sites for hydroxylation is 1. The van der Waals surface area contributed by atoms with Gasteiger partial charge in [-0.3, -0.25) is 0 Å². The fraction of sp³-hybridized carbons (Fsp3) is 0.824. The molecule has 1 N–H and O–H groups in total. The van der Waals surface area contributed by atoms with E-state index in [4.69, 9.17) is 4.98 Å². The second-order valence-corrected chi connectivity index (χ2v) is 7.92. The minimum Gasteiger partial charge on any atom is -0.345 e. The summed E-state index contributed by atoms with van der Waals surface area (Å²) in [7, 11) is 0. The van der Waals surface area contributed by atoms with Gasteiger partial charge in [-0.2, -0.15) is 0 Å². The Morgan fingerprint density at radius 2 is 2.00 bits per heavy atom. The van der Waals surface area contributed by atoms with Crippen LogP contribution in [0, 0.1) is 5.92 Å². The van der Waals surface area contributed by atoms with Gasteiger partial charge in [0.15, 0.2) is 5.13 Å². The summed E-state index contributed by atoms with van der Waals surface area (Å²) in [5, 5.41) is 4.80. The van der Waals surface area contributed by atoms with Crippen molar-refractivity contribution in [2.45, 2.75) is 78.9 Å². The molecule has 1 aliphatic carbocycles. The third-order valence-corrected chi connectivity index (χ3v) is 5.09. The fourth-order valence-corrected chi connectivity index (χ4v) is 3.62. The first kappa shape index (κ1) is 16.8. The van der Waals surface area contributed by atoms with E-state index in [1.807, 2.05) is 11.3 Å². The number of nitrogens with one attached hydrogen (secondary N) is 1. The van der Waals surface area contributed by atoms with Crippen molar-refractivity contribution in [2.75, 3.05) is 11.4 Å². The SMILES string of the molecule is CCc1nc(N(CCC(C)C)C2CC2)sc1CNC(C)C. The summed E-state index contributed by atoms with van der Waals surface area (Å²) in [5.74, 6) is 0.763. The van der Waals surface area contributed by atoms with Crippen LogP contribution in [0.1, 0.15) is 64.5 Å². The third kappa shape index (κ3) is 4.96. The smallest absolute Gasteiger partial charge is 0.186 e. The van der Waals surface area contributed by atoms with Crippen molar-refractivity contribution in [3.63, 3.8) is 0 Å². The van der Waals surface area contributed by atoms with Crippen LogP contribution in [0.3, 0.4) is 0 Å². The van der Waals surface area contributed by atoms with E-state index in [0.717, 1.165) is 31.5 Å². The lowest BCUT2D eigenvalue weighted by Gasteiger charge is -2.22. The molecule has 1 heterocycles. The first-order valence-corrected chi connectivity index (χ1v) is 9.31. The molecule has 3 nitrogen and oxygen atoms in total. The molecule has 1 aromatic rings. The van der Waals surface area contributed by atoms with Crippen LogP contribution in [0.4, 0.5) is 5.13 Å². The molecule has 0 radical (unpaired) electrons. The molecule has 0 saturated heterocycles. The Morgan fingerprint density at radius 1 is 1.29 bits per heavy atom. The number of nitrogens with zero attached hydrogens (tertiary/aromatic N) is 2. The number of hydrogen-bond acceptors (Lipinski definition) is 4. The Hall–Kier alpha value is -0.610. The number of hydrogen-bond donors (Lipinski definition) is 1. The Labute approximate surface area is 134 Å². The van der Waals surface area contributed by atoms with Crippen LogP contribution in [0.15, 0.2) is 0 Å². The number of anilines is 1. The maximum atomic E-state index is 4.95. The van der Waals surface area contributed by atoms with Gasteiger partial charge in [0.05, 0.1) is 5.69 Å². The van der Waals surface area contributed by atoms with E-state index in [2.05, 4.69) is 44.8 Å². The Kier molecular flexibility index (Phi) is 6.06. The van der Waals surface area contributed by atoms with Crippen molar-refractivity contribution < 1.29 is 0 Å². The molecule has 0 aromatic carbocycles. The van der Waals surface area contributed by atoms with Crippen molar-refractivity contribution in [2.24, 2.45) is 5.92 Å². The van der Waals surface area contributed by atoms with Gasteiger partial charge in [-0.1, -0.05) is 34.6 Å². The molecule has 4 heteroatoms. The Morgan fingerprint density at radius 3 is 2.52 bits per heavy atom. The summed E-state index contributed by atoms with van der Waals surface area (Å²) in [6.45, 7) is 13.4. The highest BCUT2D eigenvalue weighted by Gasteiger charge is 2.31. The summed E-state index contributed by atoms with van der Waals surface area (Å²) in [5.41, 5.74) is 1.29. The molecule has 0 aliphatic heterocycles. The summed E-state index contributed by atoms with van der Waals surface area (Å²) >= 11 is 1.91. The minimum absolute atomic E-state index is 0.528. The largest absolute Gasteiger partial charge is 0.345 e. The topological polar surface area (TPSA) is 28.2 Å². The lowest BCUT2D eigenvalue weighted by atomic mass is 10.1. The van der Waals surface area contributed by atoms with Gasteiger partial charge in [-0.05, 0) is 31.6 Å². The highest BCUT2D eigenvalue weighted by molar-refractivity contribution is 7.15. The number of aromatic nitrogens is 1. The van der Waals surface area contributed by atoms with Crippen LogP contribution in [0.5, 0.6) is 0 Å². The van der Waals surface area contributed by atoms with Crippen molar-refractivity contribution in [3.05, 3.63) is 10.6 Å². The average molecular weight is 310 g/mol. The lowest BCUT2D eigenvalue weighted by Crippen LogP contribution is -2.27. The van der Waals surface area contributed by atoms with Gasteiger partial charge in [0.25, 0.3) is 0 Å². The standard InChI is InChI=1S/C17H31N3S/c1-6-15-16(11-18-13(4)5)21-17(19-15)20(14-7-8-14)10-9-12(2)3/h12-14,18H,6-11H2,1-5H3. The molecule has 1 fully saturated rings. The molecule has 0 amide bonds. The van der Waals surface area contributed by atoms with E-state index in [1.54, 1.807) is 0 Å².